The number of rotatable bonds is 4. The van der Waals surface area contributed by atoms with E-state index in [2.05, 4.69) is 20.8 Å². The van der Waals surface area contributed by atoms with Crippen LogP contribution in [0.2, 0.25) is 0 Å². The molecule has 0 nitrogen and oxygen atoms in total. The number of halogens is 2. The lowest BCUT2D eigenvalue weighted by Crippen LogP contribution is -2.39. The molecule has 0 bridgehead atoms. The van der Waals surface area contributed by atoms with Crippen molar-refractivity contribution in [3.8, 4) is 0 Å². The largest absolute Gasteiger partial charge is 0.247 e. The van der Waals surface area contributed by atoms with Crippen LogP contribution in [0.25, 0.3) is 0 Å². The van der Waals surface area contributed by atoms with Crippen molar-refractivity contribution in [2.45, 2.75) is 104 Å². The average Bonchev–Trinajstić information content (AvgIpc) is 2.59. The lowest BCUT2D eigenvalue weighted by Gasteiger charge is -2.43. The summed E-state index contributed by atoms with van der Waals surface area (Å²) in [5.41, 5.74) is 0. The zero-order valence-corrected chi connectivity index (χ0v) is 16.7. The minimum Gasteiger partial charge on any atom is -0.247 e. The zero-order valence-electron chi connectivity index (χ0n) is 16.7. The molecule has 0 saturated heterocycles. The van der Waals surface area contributed by atoms with Gasteiger partial charge in [0, 0.05) is 5.92 Å². The van der Waals surface area contributed by atoms with Gasteiger partial charge >= 0.3 is 0 Å². The smallest absolute Gasteiger partial charge is 0.106 e. The molecule has 2 atom stereocenters. The van der Waals surface area contributed by atoms with Gasteiger partial charge in [-0.25, -0.2) is 8.78 Å². The van der Waals surface area contributed by atoms with Gasteiger partial charge in [-0.3, -0.25) is 0 Å². The van der Waals surface area contributed by atoms with E-state index in [4.69, 9.17) is 0 Å². The molecule has 0 aromatic carbocycles. The topological polar surface area (TPSA) is 0 Å². The summed E-state index contributed by atoms with van der Waals surface area (Å²) in [6.07, 6.45) is 11.0. The second-order valence-electron chi connectivity index (χ2n) is 10.3. The molecule has 3 rings (SSSR count). The van der Waals surface area contributed by atoms with Gasteiger partial charge in [0.2, 0.25) is 0 Å². The third-order valence-corrected chi connectivity index (χ3v) is 7.94. The summed E-state index contributed by atoms with van der Waals surface area (Å²) >= 11 is 0. The maximum Gasteiger partial charge on any atom is 0.106 e. The van der Waals surface area contributed by atoms with Crippen molar-refractivity contribution < 1.29 is 8.78 Å². The Labute approximate surface area is 154 Å². The normalized spacial score (nSPS) is 46.3. The molecule has 0 heterocycles. The molecule has 3 fully saturated rings. The molecule has 2 unspecified atom stereocenters. The molecule has 25 heavy (non-hydrogen) atoms. The monoisotopic (exact) mass is 354 g/mol. The Hall–Kier alpha value is -0.140. The van der Waals surface area contributed by atoms with Crippen LogP contribution in [0.3, 0.4) is 0 Å². The summed E-state index contributed by atoms with van der Waals surface area (Å²) in [6, 6.07) is 0. The SMILES string of the molecule is CC(C)CC1C(F)CC(C2CCC(C3CCC(C)CC3)CC2)CC1F. The fraction of sp³-hybridized carbons (Fsp3) is 1.00. The van der Waals surface area contributed by atoms with Crippen molar-refractivity contribution in [2.75, 3.05) is 0 Å². The van der Waals surface area contributed by atoms with Crippen molar-refractivity contribution in [1.82, 2.24) is 0 Å². The van der Waals surface area contributed by atoms with Gasteiger partial charge in [0.15, 0.2) is 0 Å². The first-order chi connectivity index (χ1) is 11.9. The van der Waals surface area contributed by atoms with E-state index in [0.29, 0.717) is 37.0 Å². The molecule has 3 aliphatic carbocycles. The molecule has 0 spiro atoms. The highest BCUT2D eigenvalue weighted by atomic mass is 19.1. The van der Waals surface area contributed by atoms with Crippen molar-refractivity contribution in [3.63, 3.8) is 0 Å². The Morgan fingerprint density at radius 1 is 0.680 bits per heavy atom. The van der Waals surface area contributed by atoms with Gasteiger partial charge in [-0.1, -0.05) is 33.6 Å². The van der Waals surface area contributed by atoms with E-state index >= 15 is 0 Å². The molecule has 0 amide bonds. The molecule has 3 saturated carbocycles. The summed E-state index contributed by atoms with van der Waals surface area (Å²) in [6.45, 7) is 6.56. The van der Waals surface area contributed by atoms with Crippen LogP contribution in [-0.4, -0.2) is 12.3 Å². The van der Waals surface area contributed by atoms with Gasteiger partial charge in [-0.15, -0.1) is 0 Å². The summed E-state index contributed by atoms with van der Waals surface area (Å²) in [7, 11) is 0. The van der Waals surface area contributed by atoms with Crippen molar-refractivity contribution in [3.05, 3.63) is 0 Å². The highest BCUT2D eigenvalue weighted by Gasteiger charge is 2.42. The van der Waals surface area contributed by atoms with Gasteiger partial charge in [-0.05, 0) is 93.3 Å². The first-order valence-corrected chi connectivity index (χ1v) is 11.2. The summed E-state index contributed by atoms with van der Waals surface area (Å²) in [5.74, 6) is 3.74. The maximum atomic E-state index is 14.6. The van der Waals surface area contributed by atoms with Crippen molar-refractivity contribution in [2.24, 2.45) is 41.4 Å². The van der Waals surface area contributed by atoms with E-state index in [1.54, 1.807) is 0 Å². The second kappa shape index (κ2) is 8.70. The molecule has 2 heteroatoms. The van der Waals surface area contributed by atoms with Crippen molar-refractivity contribution >= 4 is 0 Å². The Bertz CT molecular complexity index is 379. The van der Waals surface area contributed by atoms with Crippen LogP contribution in [0.1, 0.15) is 91.4 Å². The third kappa shape index (κ3) is 4.98. The van der Waals surface area contributed by atoms with Crippen LogP contribution < -0.4 is 0 Å². The number of hydrogen-bond donors (Lipinski definition) is 0. The van der Waals surface area contributed by atoms with Crippen LogP contribution in [0.5, 0.6) is 0 Å². The lowest BCUT2D eigenvalue weighted by atomic mass is 9.64. The van der Waals surface area contributed by atoms with Gasteiger partial charge in [-0.2, -0.15) is 0 Å². The highest BCUT2D eigenvalue weighted by molar-refractivity contribution is 4.91. The van der Waals surface area contributed by atoms with E-state index < -0.39 is 12.3 Å². The van der Waals surface area contributed by atoms with Crippen LogP contribution in [0, 0.1) is 41.4 Å². The van der Waals surface area contributed by atoms with E-state index in [1.807, 2.05) is 0 Å². The molecule has 0 N–H and O–H groups in total. The molecule has 0 radical (unpaired) electrons. The Balaban J connectivity index is 1.47. The predicted octanol–water partition coefficient (Wildman–Crippen LogP) is 7.37. The molecular formula is C23H40F2. The summed E-state index contributed by atoms with van der Waals surface area (Å²) < 4.78 is 29.3. The second-order valence-corrected chi connectivity index (χ2v) is 10.3. The highest BCUT2D eigenvalue weighted by Crippen LogP contribution is 2.47. The maximum absolute atomic E-state index is 14.6. The van der Waals surface area contributed by atoms with Crippen LogP contribution in [0.4, 0.5) is 8.78 Å². The fourth-order valence-corrected chi connectivity index (χ4v) is 6.32. The van der Waals surface area contributed by atoms with Gasteiger partial charge in [0.1, 0.15) is 12.3 Å². The van der Waals surface area contributed by atoms with Gasteiger partial charge in [0.05, 0.1) is 0 Å². The molecule has 0 aromatic rings. The van der Waals surface area contributed by atoms with Crippen molar-refractivity contribution in [1.29, 1.82) is 0 Å². The summed E-state index contributed by atoms with van der Waals surface area (Å²) in [4.78, 5) is 0. The Kier molecular flexibility index (Phi) is 6.83. The Morgan fingerprint density at radius 2 is 1.08 bits per heavy atom. The first-order valence-electron chi connectivity index (χ1n) is 11.2. The predicted molar refractivity (Wildman–Crippen MR) is 102 cm³/mol. The van der Waals surface area contributed by atoms with E-state index in [9.17, 15) is 8.78 Å². The minimum absolute atomic E-state index is 0.306. The van der Waals surface area contributed by atoms with Crippen LogP contribution in [-0.2, 0) is 0 Å². The molecule has 0 aromatic heterocycles. The first kappa shape index (κ1) is 19.6. The lowest BCUT2D eigenvalue weighted by molar-refractivity contribution is 0.00289. The molecule has 146 valence electrons. The van der Waals surface area contributed by atoms with Gasteiger partial charge < -0.3 is 0 Å². The van der Waals surface area contributed by atoms with E-state index in [1.165, 1.54) is 51.4 Å². The van der Waals surface area contributed by atoms with Crippen LogP contribution in [0.15, 0.2) is 0 Å². The standard InChI is InChI=1S/C23H40F2/c1-15(2)12-21-22(24)13-20(14-23(21)25)19-10-8-18(9-11-19)17-6-4-16(3)5-7-17/h15-23H,4-14H2,1-3H3. The fourth-order valence-electron chi connectivity index (χ4n) is 6.32. The van der Waals surface area contributed by atoms with E-state index in [0.717, 1.165) is 17.8 Å². The molecule has 0 aliphatic heterocycles. The van der Waals surface area contributed by atoms with Gasteiger partial charge in [0.25, 0.3) is 0 Å². The summed E-state index contributed by atoms with van der Waals surface area (Å²) in [5, 5.41) is 0. The quantitative estimate of drug-likeness (QED) is 0.494. The zero-order chi connectivity index (χ0) is 18.0. The van der Waals surface area contributed by atoms with E-state index in [-0.39, 0.29) is 5.92 Å². The average molecular weight is 355 g/mol. The number of hydrogen-bond acceptors (Lipinski definition) is 0. The molecule has 3 aliphatic rings. The number of alkyl halides is 2. The molecular weight excluding hydrogens is 314 g/mol. The minimum atomic E-state index is -0.909. The third-order valence-electron chi connectivity index (χ3n) is 7.94. The van der Waals surface area contributed by atoms with Crippen LogP contribution >= 0.6 is 0 Å². The Morgan fingerprint density at radius 3 is 1.52 bits per heavy atom.